The molecule has 0 spiro atoms. The minimum Gasteiger partial charge on any atom is -0.378 e. The molecule has 0 aromatic heterocycles. The summed E-state index contributed by atoms with van der Waals surface area (Å²) >= 11 is 0. The number of aryl methyl sites for hydroxylation is 1. The molecule has 0 aliphatic carbocycles. The summed E-state index contributed by atoms with van der Waals surface area (Å²) < 4.78 is 0. The Morgan fingerprint density at radius 3 is 2.33 bits per heavy atom. The van der Waals surface area contributed by atoms with E-state index >= 15 is 0 Å². The van der Waals surface area contributed by atoms with Crippen molar-refractivity contribution in [2.75, 3.05) is 19.0 Å². The van der Waals surface area contributed by atoms with Crippen molar-refractivity contribution in [2.45, 2.75) is 6.92 Å². The molecular weight excluding hydrogens is 224 g/mol. The van der Waals surface area contributed by atoms with E-state index < -0.39 is 0 Å². The first kappa shape index (κ1) is 13.3. The summed E-state index contributed by atoms with van der Waals surface area (Å²) in [5, 5.41) is 8.85. The van der Waals surface area contributed by atoms with Gasteiger partial charge in [-0.15, -0.1) is 0 Å². The zero-order valence-electron chi connectivity index (χ0n) is 10.5. The van der Waals surface area contributed by atoms with Crippen molar-refractivity contribution in [1.82, 2.24) is 0 Å². The van der Waals surface area contributed by atoms with Gasteiger partial charge in [-0.2, -0.15) is 0 Å². The topological polar surface area (TPSA) is 35.8 Å². The lowest BCUT2D eigenvalue weighted by Crippen LogP contribution is -2.08. The maximum atomic E-state index is 8.85. The van der Waals surface area contributed by atoms with Crippen LogP contribution in [-0.2, 0) is 0 Å². The number of benzene rings is 1. The van der Waals surface area contributed by atoms with E-state index in [2.05, 4.69) is 9.69 Å². The highest BCUT2D eigenvalue weighted by Gasteiger charge is 2.12. The predicted octanol–water partition coefficient (Wildman–Crippen LogP) is 3.09. The molecule has 0 saturated heterocycles. The van der Waals surface area contributed by atoms with Crippen molar-refractivity contribution in [3.8, 4) is 6.07 Å². The average molecular weight is 236 g/mol. The first-order chi connectivity index (χ1) is 8.54. The summed E-state index contributed by atoms with van der Waals surface area (Å²) in [6, 6.07) is 7.34. The van der Waals surface area contributed by atoms with Gasteiger partial charge in [0.1, 0.15) is 0 Å². The third-order valence-corrected chi connectivity index (χ3v) is 2.54. The molecular formula is C14H12N4. The van der Waals surface area contributed by atoms with Gasteiger partial charge in [0.2, 0.25) is 5.70 Å². The van der Waals surface area contributed by atoms with Crippen molar-refractivity contribution >= 4 is 11.4 Å². The Hall–Kier alpha value is -2.77. The first-order valence-electron chi connectivity index (χ1n) is 5.22. The van der Waals surface area contributed by atoms with Crippen molar-refractivity contribution in [2.24, 2.45) is 0 Å². The summed E-state index contributed by atoms with van der Waals surface area (Å²) in [7, 11) is 3.86. The van der Waals surface area contributed by atoms with Gasteiger partial charge in [-0.05, 0) is 24.6 Å². The van der Waals surface area contributed by atoms with Crippen molar-refractivity contribution in [3.05, 3.63) is 57.9 Å². The molecule has 0 heterocycles. The molecule has 0 atom stereocenters. The summed E-state index contributed by atoms with van der Waals surface area (Å²) in [4.78, 5) is 8.37. The Morgan fingerprint density at radius 1 is 1.28 bits per heavy atom. The summed E-state index contributed by atoms with van der Waals surface area (Å²) in [5.74, 6) is 0. The van der Waals surface area contributed by atoms with Gasteiger partial charge < -0.3 is 4.90 Å². The van der Waals surface area contributed by atoms with Crippen LogP contribution in [0.5, 0.6) is 0 Å². The molecule has 0 aliphatic heterocycles. The molecule has 0 amide bonds. The van der Waals surface area contributed by atoms with Crippen molar-refractivity contribution in [3.63, 3.8) is 0 Å². The zero-order chi connectivity index (χ0) is 13.7. The number of anilines is 1. The summed E-state index contributed by atoms with van der Waals surface area (Å²) in [6.07, 6.45) is 0. The fourth-order valence-corrected chi connectivity index (χ4v) is 1.56. The second-order valence-corrected chi connectivity index (χ2v) is 3.93. The first-order valence-corrected chi connectivity index (χ1v) is 5.22. The van der Waals surface area contributed by atoms with Crippen LogP contribution in [0.2, 0.25) is 0 Å². The van der Waals surface area contributed by atoms with E-state index in [1.54, 1.807) is 12.1 Å². The van der Waals surface area contributed by atoms with E-state index in [4.69, 9.17) is 18.4 Å². The van der Waals surface area contributed by atoms with Gasteiger partial charge in [0.25, 0.3) is 5.70 Å². The Balaban J connectivity index is 3.46. The fraction of sp³-hybridized carbons (Fsp3) is 0.214. The molecule has 0 radical (unpaired) electrons. The highest BCUT2D eigenvalue weighted by atomic mass is 15.1. The maximum Gasteiger partial charge on any atom is 0.269 e. The molecule has 1 aromatic rings. The number of nitrogens with zero attached hydrogens (tertiary/aromatic N) is 4. The number of nitriles is 1. The lowest BCUT2D eigenvalue weighted by atomic mass is 10.0. The van der Waals surface area contributed by atoms with Gasteiger partial charge >= 0.3 is 0 Å². The maximum absolute atomic E-state index is 8.85. The normalized spacial score (nSPS) is 10.7. The molecule has 0 unspecified atom stereocenters. The summed E-state index contributed by atoms with van der Waals surface area (Å²) in [5.41, 5.74) is 2.50. The van der Waals surface area contributed by atoms with Crippen LogP contribution in [-0.4, -0.2) is 14.1 Å². The molecule has 18 heavy (non-hydrogen) atoms. The molecule has 0 bridgehead atoms. The van der Waals surface area contributed by atoms with E-state index in [1.165, 1.54) is 0 Å². The smallest absolute Gasteiger partial charge is 0.269 e. The Bertz CT molecular complexity index is 603. The molecule has 1 rings (SSSR count). The average Bonchev–Trinajstić information content (AvgIpc) is 2.36. The molecule has 0 saturated carbocycles. The third kappa shape index (κ3) is 2.48. The van der Waals surface area contributed by atoms with Crippen LogP contribution < -0.4 is 4.90 Å². The van der Waals surface area contributed by atoms with Gasteiger partial charge in [0, 0.05) is 19.8 Å². The van der Waals surface area contributed by atoms with E-state index in [9.17, 15) is 0 Å². The fourth-order valence-electron chi connectivity index (χ4n) is 1.56. The number of hydrogen-bond acceptors (Lipinski definition) is 2. The highest BCUT2D eigenvalue weighted by molar-refractivity contribution is 5.80. The van der Waals surface area contributed by atoms with Crippen molar-refractivity contribution in [1.29, 1.82) is 5.26 Å². The van der Waals surface area contributed by atoms with Crippen LogP contribution in [0.3, 0.4) is 0 Å². The van der Waals surface area contributed by atoms with Gasteiger partial charge in [0.05, 0.1) is 19.2 Å². The standard InChI is InChI=1S/C14H12N4/c1-10-8-11(18(4)5)6-7-12(10)14(17-3)13(9-15)16-2/h6-8H,1,4-5H3/b14-13-. The molecule has 1 aromatic carbocycles. The van der Waals surface area contributed by atoms with E-state index in [0.717, 1.165) is 11.3 Å². The number of rotatable bonds is 2. The van der Waals surface area contributed by atoms with Crippen molar-refractivity contribution < 1.29 is 0 Å². The molecule has 0 aliphatic rings. The largest absolute Gasteiger partial charge is 0.378 e. The Morgan fingerprint density at radius 2 is 1.94 bits per heavy atom. The second kappa shape index (κ2) is 5.53. The van der Waals surface area contributed by atoms with Gasteiger partial charge in [-0.25, -0.2) is 15.0 Å². The number of hydrogen-bond donors (Lipinski definition) is 0. The predicted molar refractivity (Wildman–Crippen MR) is 71.2 cm³/mol. The lowest BCUT2D eigenvalue weighted by molar-refractivity contribution is 1.13. The minimum absolute atomic E-state index is 0.121. The molecule has 88 valence electrons. The van der Waals surface area contributed by atoms with Crippen LogP contribution in [0.4, 0.5) is 5.69 Å². The highest BCUT2D eigenvalue weighted by Crippen LogP contribution is 2.27. The van der Waals surface area contributed by atoms with Crippen LogP contribution in [0.1, 0.15) is 11.1 Å². The van der Waals surface area contributed by atoms with Gasteiger partial charge in [-0.3, -0.25) is 0 Å². The van der Waals surface area contributed by atoms with Crippen LogP contribution >= 0.6 is 0 Å². The van der Waals surface area contributed by atoms with Crippen LogP contribution in [0.25, 0.3) is 15.4 Å². The lowest BCUT2D eigenvalue weighted by Gasteiger charge is -2.15. The van der Waals surface area contributed by atoms with Gasteiger partial charge in [0.15, 0.2) is 0 Å². The molecule has 4 nitrogen and oxygen atoms in total. The molecule has 0 N–H and O–H groups in total. The SMILES string of the molecule is [C-]#[N+]/C(C#N)=C(\[N+]#[C-])c1ccc(N(C)C)cc1C. The quantitative estimate of drug-likeness (QED) is 0.584. The number of allylic oxidation sites excluding steroid dienone is 1. The van der Waals surface area contributed by atoms with Crippen LogP contribution in [0, 0.1) is 31.4 Å². The minimum atomic E-state index is -0.161. The van der Waals surface area contributed by atoms with E-state index in [1.807, 2.05) is 38.1 Å². The van der Waals surface area contributed by atoms with Gasteiger partial charge in [-0.1, -0.05) is 11.6 Å². The zero-order valence-corrected chi connectivity index (χ0v) is 10.5. The Labute approximate surface area is 107 Å². The molecule has 0 fully saturated rings. The van der Waals surface area contributed by atoms with E-state index in [-0.39, 0.29) is 11.4 Å². The third-order valence-electron chi connectivity index (χ3n) is 2.54. The Kier molecular flexibility index (Phi) is 4.08. The van der Waals surface area contributed by atoms with Crippen LogP contribution in [0.15, 0.2) is 23.9 Å². The molecule has 4 heteroatoms. The van der Waals surface area contributed by atoms with E-state index in [0.29, 0.717) is 5.56 Å². The monoisotopic (exact) mass is 236 g/mol. The summed E-state index contributed by atoms with van der Waals surface area (Å²) in [6.45, 7) is 15.9. The second-order valence-electron chi connectivity index (χ2n) is 3.93.